The predicted molar refractivity (Wildman–Crippen MR) is 89.0 cm³/mol. The largest absolute Gasteiger partial charge is 0.397 e. The van der Waals surface area contributed by atoms with Gasteiger partial charge in [-0.25, -0.2) is 4.98 Å². The molecular formula is C16H20ClN3O2. The van der Waals surface area contributed by atoms with Crippen molar-refractivity contribution in [2.75, 3.05) is 26.0 Å². The number of benzene rings is 1. The number of halogens is 1. The average molecular weight is 322 g/mol. The van der Waals surface area contributed by atoms with Gasteiger partial charge in [-0.1, -0.05) is 30.3 Å². The third-order valence-electron chi connectivity index (χ3n) is 3.07. The Hall–Kier alpha value is -2.11. The quantitative estimate of drug-likeness (QED) is 0.887. The molecule has 118 valence electrons. The molecule has 1 heterocycles. The fourth-order valence-corrected chi connectivity index (χ4v) is 1.95. The van der Waals surface area contributed by atoms with Crippen molar-refractivity contribution in [2.45, 2.75) is 6.54 Å². The Kier molecular flexibility index (Phi) is 7.36. The molecule has 0 atom stereocenters. The summed E-state index contributed by atoms with van der Waals surface area (Å²) in [7, 11) is 1.62. The molecule has 0 spiro atoms. The minimum atomic E-state index is -0.129. The molecule has 1 amide bonds. The highest BCUT2D eigenvalue weighted by molar-refractivity contribution is 5.92. The normalized spacial score (nSPS) is 9.86. The highest BCUT2D eigenvalue weighted by Gasteiger charge is 2.17. The standard InChI is InChI=1S/C16H19N3O2.ClH/c1-21-10-9-19(12-13-5-3-2-4-6-13)16(20)15-8-7-14(17)11-18-15;/h2-8,11H,9-10,12,17H2,1H3;1H. The van der Waals surface area contributed by atoms with Gasteiger partial charge < -0.3 is 15.4 Å². The second-order valence-electron chi connectivity index (χ2n) is 4.68. The number of pyridine rings is 1. The number of carbonyl (C=O) groups is 1. The summed E-state index contributed by atoms with van der Waals surface area (Å²) in [6, 6.07) is 13.2. The van der Waals surface area contributed by atoms with Crippen LogP contribution in [0.4, 0.5) is 5.69 Å². The van der Waals surface area contributed by atoms with Crippen LogP contribution in [0.2, 0.25) is 0 Å². The van der Waals surface area contributed by atoms with Gasteiger partial charge in [0.1, 0.15) is 5.69 Å². The zero-order valence-corrected chi connectivity index (χ0v) is 13.3. The van der Waals surface area contributed by atoms with Crippen molar-refractivity contribution in [1.82, 2.24) is 9.88 Å². The molecule has 5 nitrogen and oxygen atoms in total. The van der Waals surface area contributed by atoms with Crippen molar-refractivity contribution in [2.24, 2.45) is 0 Å². The van der Waals surface area contributed by atoms with Crippen LogP contribution in [0, 0.1) is 0 Å². The third-order valence-corrected chi connectivity index (χ3v) is 3.07. The summed E-state index contributed by atoms with van der Waals surface area (Å²) in [6.45, 7) is 1.51. The van der Waals surface area contributed by atoms with Gasteiger partial charge in [0.15, 0.2) is 0 Å². The SMILES string of the molecule is COCCN(Cc1ccccc1)C(=O)c1ccc(N)cn1.Cl. The fourth-order valence-electron chi connectivity index (χ4n) is 1.95. The molecule has 2 rings (SSSR count). The summed E-state index contributed by atoms with van der Waals surface area (Å²) >= 11 is 0. The Morgan fingerprint density at radius 3 is 2.55 bits per heavy atom. The summed E-state index contributed by atoms with van der Waals surface area (Å²) in [4.78, 5) is 18.3. The molecule has 0 bridgehead atoms. The Morgan fingerprint density at radius 1 is 1.23 bits per heavy atom. The van der Waals surface area contributed by atoms with Crippen LogP contribution in [0.25, 0.3) is 0 Å². The summed E-state index contributed by atoms with van der Waals surface area (Å²) in [5, 5.41) is 0. The number of nitrogens with two attached hydrogens (primary N) is 1. The zero-order valence-electron chi connectivity index (χ0n) is 12.4. The maximum atomic E-state index is 12.5. The van der Waals surface area contributed by atoms with Crippen LogP contribution >= 0.6 is 12.4 Å². The number of ether oxygens (including phenoxy) is 1. The van der Waals surface area contributed by atoms with E-state index in [0.717, 1.165) is 5.56 Å². The summed E-state index contributed by atoms with van der Waals surface area (Å²) in [5.41, 5.74) is 7.59. The summed E-state index contributed by atoms with van der Waals surface area (Å²) < 4.78 is 5.08. The molecule has 0 saturated carbocycles. The molecule has 0 aliphatic carbocycles. The number of rotatable bonds is 6. The van der Waals surface area contributed by atoms with E-state index in [-0.39, 0.29) is 18.3 Å². The number of anilines is 1. The van der Waals surface area contributed by atoms with Crippen molar-refractivity contribution >= 4 is 24.0 Å². The van der Waals surface area contributed by atoms with Crippen molar-refractivity contribution in [3.8, 4) is 0 Å². The Bertz CT molecular complexity index is 576. The molecule has 1 aromatic heterocycles. The summed E-state index contributed by atoms with van der Waals surface area (Å²) in [5.74, 6) is -0.129. The van der Waals surface area contributed by atoms with Crippen molar-refractivity contribution in [3.05, 3.63) is 59.9 Å². The highest BCUT2D eigenvalue weighted by Crippen LogP contribution is 2.10. The van der Waals surface area contributed by atoms with Gasteiger partial charge in [-0.05, 0) is 17.7 Å². The second-order valence-corrected chi connectivity index (χ2v) is 4.68. The number of aromatic nitrogens is 1. The van der Waals surface area contributed by atoms with Crippen LogP contribution in [0.1, 0.15) is 16.1 Å². The number of methoxy groups -OCH3 is 1. The Labute approximate surface area is 136 Å². The molecular weight excluding hydrogens is 302 g/mol. The van der Waals surface area contributed by atoms with Crippen LogP contribution in [-0.2, 0) is 11.3 Å². The monoisotopic (exact) mass is 321 g/mol. The third kappa shape index (κ3) is 5.02. The van der Waals surface area contributed by atoms with Crippen LogP contribution in [-0.4, -0.2) is 36.1 Å². The molecule has 0 fully saturated rings. The highest BCUT2D eigenvalue weighted by atomic mass is 35.5. The number of carbonyl (C=O) groups excluding carboxylic acids is 1. The van der Waals surface area contributed by atoms with E-state index in [4.69, 9.17) is 10.5 Å². The summed E-state index contributed by atoms with van der Waals surface area (Å²) in [6.07, 6.45) is 1.49. The van der Waals surface area contributed by atoms with E-state index in [9.17, 15) is 4.79 Å². The maximum absolute atomic E-state index is 12.5. The first kappa shape index (κ1) is 17.9. The van der Waals surface area contributed by atoms with Crippen LogP contribution in [0.3, 0.4) is 0 Å². The first-order chi connectivity index (χ1) is 10.2. The van der Waals surface area contributed by atoms with Gasteiger partial charge in [-0.3, -0.25) is 4.79 Å². The van der Waals surface area contributed by atoms with E-state index in [0.29, 0.717) is 31.1 Å². The molecule has 2 aromatic rings. The van der Waals surface area contributed by atoms with Crippen molar-refractivity contribution in [3.63, 3.8) is 0 Å². The fraction of sp³-hybridized carbons (Fsp3) is 0.250. The van der Waals surface area contributed by atoms with Crippen LogP contribution < -0.4 is 5.73 Å². The lowest BCUT2D eigenvalue weighted by atomic mass is 10.2. The lowest BCUT2D eigenvalue weighted by Gasteiger charge is -2.22. The molecule has 0 radical (unpaired) electrons. The van der Waals surface area contributed by atoms with Gasteiger partial charge in [0, 0.05) is 20.2 Å². The molecule has 0 unspecified atom stereocenters. The van der Waals surface area contributed by atoms with E-state index in [1.807, 2.05) is 30.3 Å². The zero-order chi connectivity index (χ0) is 15.1. The van der Waals surface area contributed by atoms with Crippen molar-refractivity contribution in [1.29, 1.82) is 0 Å². The van der Waals surface area contributed by atoms with Crippen LogP contribution in [0.15, 0.2) is 48.7 Å². The van der Waals surface area contributed by atoms with Gasteiger partial charge in [-0.15, -0.1) is 12.4 Å². The van der Waals surface area contributed by atoms with E-state index in [1.165, 1.54) is 6.20 Å². The molecule has 0 aliphatic heterocycles. The lowest BCUT2D eigenvalue weighted by molar-refractivity contribution is 0.0674. The lowest BCUT2D eigenvalue weighted by Crippen LogP contribution is -2.34. The minimum absolute atomic E-state index is 0. The number of amides is 1. The smallest absolute Gasteiger partial charge is 0.272 e. The molecule has 0 saturated heterocycles. The first-order valence-electron chi connectivity index (χ1n) is 6.74. The molecule has 6 heteroatoms. The van der Waals surface area contributed by atoms with Gasteiger partial charge in [0.25, 0.3) is 5.91 Å². The maximum Gasteiger partial charge on any atom is 0.272 e. The number of hydrogen-bond donors (Lipinski definition) is 1. The van der Waals surface area contributed by atoms with Crippen molar-refractivity contribution < 1.29 is 9.53 Å². The first-order valence-corrected chi connectivity index (χ1v) is 6.74. The molecule has 22 heavy (non-hydrogen) atoms. The van der Waals surface area contributed by atoms with Crippen LogP contribution in [0.5, 0.6) is 0 Å². The average Bonchev–Trinajstić information content (AvgIpc) is 2.52. The van der Waals surface area contributed by atoms with E-state index in [1.54, 1.807) is 24.1 Å². The van der Waals surface area contributed by atoms with E-state index < -0.39 is 0 Å². The molecule has 0 aliphatic rings. The second kappa shape index (κ2) is 9.02. The molecule has 2 N–H and O–H groups in total. The minimum Gasteiger partial charge on any atom is -0.397 e. The van der Waals surface area contributed by atoms with Gasteiger partial charge in [0.2, 0.25) is 0 Å². The molecule has 1 aromatic carbocycles. The Balaban J connectivity index is 0.00000242. The van der Waals surface area contributed by atoms with Gasteiger partial charge >= 0.3 is 0 Å². The van der Waals surface area contributed by atoms with E-state index >= 15 is 0 Å². The Morgan fingerprint density at radius 2 is 1.95 bits per heavy atom. The predicted octanol–water partition coefficient (Wildman–Crippen LogP) is 2.37. The topological polar surface area (TPSA) is 68.5 Å². The van der Waals surface area contributed by atoms with E-state index in [2.05, 4.69) is 4.98 Å². The number of nitrogens with zero attached hydrogens (tertiary/aromatic N) is 2. The number of nitrogen functional groups attached to an aromatic ring is 1. The number of hydrogen-bond acceptors (Lipinski definition) is 4. The van der Waals surface area contributed by atoms with Gasteiger partial charge in [-0.2, -0.15) is 0 Å². The van der Waals surface area contributed by atoms with Gasteiger partial charge in [0.05, 0.1) is 18.5 Å².